The molecule has 1 heterocycles. The Morgan fingerprint density at radius 2 is 1.53 bits per heavy atom. The molecule has 1 fully saturated rings. The highest BCUT2D eigenvalue weighted by molar-refractivity contribution is 7.89. The zero-order chi connectivity index (χ0) is 26.1. The van der Waals surface area contributed by atoms with Gasteiger partial charge in [0.2, 0.25) is 10.0 Å². The largest absolute Gasteiger partial charge is 0.497 e. The number of hydrogen-bond donors (Lipinski definition) is 1. The molecule has 1 amide bonds. The summed E-state index contributed by atoms with van der Waals surface area (Å²) >= 11 is 0. The molecule has 0 saturated carbocycles. The van der Waals surface area contributed by atoms with Crippen LogP contribution in [0.3, 0.4) is 0 Å². The van der Waals surface area contributed by atoms with E-state index in [4.69, 9.17) is 18.9 Å². The van der Waals surface area contributed by atoms with Crippen LogP contribution in [0.4, 0.5) is 4.79 Å². The number of ether oxygens (including phenoxy) is 4. The van der Waals surface area contributed by atoms with E-state index < -0.39 is 28.1 Å². The van der Waals surface area contributed by atoms with Crippen LogP contribution < -0.4 is 9.46 Å². The maximum absolute atomic E-state index is 13.1. The van der Waals surface area contributed by atoms with Gasteiger partial charge in [0.05, 0.1) is 25.7 Å². The molecule has 10 nitrogen and oxygen atoms in total. The molecular formula is C25H32N2O8S. The van der Waals surface area contributed by atoms with E-state index in [2.05, 4.69) is 4.72 Å². The molecule has 1 atom stereocenters. The first kappa shape index (κ1) is 27.4. The van der Waals surface area contributed by atoms with E-state index in [1.54, 1.807) is 19.2 Å². The van der Waals surface area contributed by atoms with E-state index in [0.717, 1.165) is 16.9 Å². The third-order valence-corrected chi connectivity index (χ3v) is 7.56. The Hall–Kier alpha value is -3.15. The summed E-state index contributed by atoms with van der Waals surface area (Å²) in [4.78, 5) is 26.2. The van der Waals surface area contributed by atoms with E-state index in [0.29, 0.717) is 32.5 Å². The number of sulfonamides is 1. The maximum Gasteiger partial charge on any atom is 0.409 e. The number of carbonyl (C=O) groups excluding carboxylic acids is 2. The Labute approximate surface area is 211 Å². The van der Waals surface area contributed by atoms with Gasteiger partial charge in [-0.2, -0.15) is 4.72 Å². The molecule has 0 radical (unpaired) electrons. The molecule has 0 aromatic heterocycles. The number of benzene rings is 2. The highest BCUT2D eigenvalue weighted by atomic mass is 32.2. The summed E-state index contributed by atoms with van der Waals surface area (Å²) in [7, 11) is 0.314. The van der Waals surface area contributed by atoms with Crippen LogP contribution in [0.2, 0.25) is 0 Å². The van der Waals surface area contributed by atoms with Gasteiger partial charge in [-0.25, -0.2) is 13.2 Å². The zero-order valence-electron chi connectivity index (χ0n) is 20.6. The fourth-order valence-corrected chi connectivity index (χ4v) is 5.28. The SMILES string of the molecule is COCCOC(=O)N1CCC(C(NS(=O)(=O)c2ccc(-c3ccc(OC)cc3)cc2)C(=O)OC)CC1. The fraction of sp³-hybridized carbons (Fsp3) is 0.440. The van der Waals surface area contributed by atoms with Gasteiger partial charge in [-0.3, -0.25) is 4.79 Å². The number of nitrogens with one attached hydrogen (secondary N) is 1. The van der Waals surface area contributed by atoms with Crippen LogP contribution in [-0.2, 0) is 29.0 Å². The number of carbonyl (C=O) groups is 2. The molecule has 0 spiro atoms. The number of esters is 1. The van der Waals surface area contributed by atoms with Gasteiger partial charge in [0.25, 0.3) is 0 Å². The van der Waals surface area contributed by atoms with E-state index in [1.165, 1.54) is 31.3 Å². The molecule has 1 saturated heterocycles. The Morgan fingerprint density at radius 3 is 2.06 bits per heavy atom. The molecular weight excluding hydrogens is 488 g/mol. The van der Waals surface area contributed by atoms with Crippen molar-refractivity contribution in [3.8, 4) is 16.9 Å². The number of hydrogen-bond acceptors (Lipinski definition) is 8. The second-order valence-corrected chi connectivity index (χ2v) is 10.0. The highest BCUT2D eigenvalue weighted by Gasteiger charge is 2.36. The molecule has 1 aliphatic rings. The first-order chi connectivity index (χ1) is 17.3. The van der Waals surface area contributed by atoms with Crippen molar-refractivity contribution in [2.45, 2.75) is 23.8 Å². The van der Waals surface area contributed by atoms with Crippen molar-refractivity contribution in [2.24, 2.45) is 5.92 Å². The highest BCUT2D eigenvalue weighted by Crippen LogP contribution is 2.26. The molecule has 3 rings (SSSR count). The van der Waals surface area contributed by atoms with Gasteiger partial charge < -0.3 is 23.8 Å². The summed E-state index contributed by atoms with van der Waals surface area (Å²) in [6.45, 7) is 1.12. The lowest BCUT2D eigenvalue weighted by molar-refractivity contribution is -0.144. The summed E-state index contributed by atoms with van der Waals surface area (Å²) in [5.41, 5.74) is 1.75. The normalized spacial score (nSPS) is 15.2. The molecule has 2 aromatic carbocycles. The predicted octanol–water partition coefficient (Wildman–Crippen LogP) is 2.68. The van der Waals surface area contributed by atoms with Crippen molar-refractivity contribution in [1.82, 2.24) is 9.62 Å². The standard InChI is InChI=1S/C25H32N2O8S/c1-32-16-17-35-25(29)27-14-12-20(13-15-27)23(24(28)34-3)26-36(30,31)22-10-6-19(7-11-22)18-4-8-21(33-2)9-5-18/h4-11,20,23,26H,12-17H2,1-3H3. The third-order valence-electron chi connectivity index (χ3n) is 6.11. The Bertz CT molecular complexity index is 1110. The van der Waals surface area contributed by atoms with E-state index >= 15 is 0 Å². The van der Waals surface area contributed by atoms with Crippen LogP contribution in [0, 0.1) is 5.92 Å². The predicted molar refractivity (Wildman–Crippen MR) is 132 cm³/mol. The summed E-state index contributed by atoms with van der Waals surface area (Å²) in [5, 5.41) is 0. The van der Waals surface area contributed by atoms with E-state index in [9.17, 15) is 18.0 Å². The van der Waals surface area contributed by atoms with Crippen molar-refractivity contribution in [3.63, 3.8) is 0 Å². The summed E-state index contributed by atoms with van der Waals surface area (Å²) < 4.78 is 48.8. The van der Waals surface area contributed by atoms with Gasteiger partial charge >= 0.3 is 12.1 Å². The first-order valence-corrected chi connectivity index (χ1v) is 13.0. The van der Waals surface area contributed by atoms with Crippen LogP contribution in [0.1, 0.15) is 12.8 Å². The average Bonchev–Trinajstić information content (AvgIpc) is 2.91. The smallest absolute Gasteiger partial charge is 0.409 e. The molecule has 0 bridgehead atoms. The van der Waals surface area contributed by atoms with Gasteiger partial charge in [0.15, 0.2) is 0 Å². The molecule has 0 aliphatic carbocycles. The lowest BCUT2D eigenvalue weighted by Gasteiger charge is -2.34. The molecule has 36 heavy (non-hydrogen) atoms. The molecule has 196 valence electrons. The second kappa shape index (κ2) is 12.7. The summed E-state index contributed by atoms with van der Waals surface area (Å²) in [6.07, 6.45) is 0.369. The molecule has 1 unspecified atom stereocenters. The van der Waals surface area contributed by atoms with E-state index in [1.807, 2.05) is 24.3 Å². The first-order valence-electron chi connectivity index (χ1n) is 11.5. The van der Waals surface area contributed by atoms with Gasteiger partial charge in [0.1, 0.15) is 18.4 Å². The average molecular weight is 521 g/mol. The summed E-state index contributed by atoms with van der Waals surface area (Å²) in [6, 6.07) is 12.7. The fourth-order valence-electron chi connectivity index (χ4n) is 4.03. The molecule has 2 aromatic rings. The van der Waals surface area contributed by atoms with Gasteiger partial charge in [-0.15, -0.1) is 0 Å². The number of methoxy groups -OCH3 is 3. The zero-order valence-corrected chi connectivity index (χ0v) is 21.5. The Morgan fingerprint density at radius 1 is 0.944 bits per heavy atom. The number of amides is 1. The lowest BCUT2D eigenvalue weighted by Crippen LogP contribution is -2.50. The lowest BCUT2D eigenvalue weighted by atomic mass is 9.90. The Kier molecular flexibility index (Phi) is 9.68. The number of piperidine rings is 1. The summed E-state index contributed by atoms with van der Waals surface area (Å²) in [5.74, 6) is -0.284. The van der Waals surface area contributed by atoms with Crippen LogP contribution in [0.15, 0.2) is 53.4 Å². The van der Waals surface area contributed by atoms with Gasteiger partial charge in [-0.05, 0) is 54.2 Å². The van der Waals surface area contributed by atoms with Gasteiger partial charge in [-0.1, -0.05) is 24.3 Å². The number of rotatable bonds is 10. The van der Waals surface area contributed by atoms with Crippen molar-refractivity contribution < 1.29 is 37.0 Å². The minimum atomic E-state index is -4.01. The topological polar surface area (TPSA) is 120 Å². The van der Waals surface area contributed by atoms with Crippen LogP contribution in [0.5, 0.6) is 5.75 Å². The minimum absolute atomic E-state index is 0.0350. The monoisotopic (exact) mass is 520 g/mol. The van der Waals surface area contributed by atoms with E-state index in [-0.39, 0.29) is 17.4 Å². The van der Waals surface area contributed by atoms with Crippen LogP contribution >= 0.6 is 0 Å². The Balaban J connectivity index is 1.67. The van der Waals surface area contributed by atoms with Crippen molar-refractivity contribution in [3.05, 3.63) is 48.5 Å². The third kappa shape index (κ3) is 6.96. The molecule has 11 heteroatoms. The molecule has 1 aliphatic heterocycles. The van der Waals surface area contributed by atoms with Crippen LogP contribution in [-0.4, -0.2) is 79.1 Å². The molecule has 1 N–H and O–H groups in total. The maximum atomic E-state index is 13.1. The second-order valence-electron chi connectivity index (χ2n) is 8.31. The quantitative estimate of drug-likeness (QED) is 0.375. The van der Waals surface area contributed by atoms with Gasteiger partial charge in [0, 0.05) is 20.2 Å². The minimum Gasteiger partial charge on any atom is -0.497 e. The van der Waals surface area contributed by atoms with Crippen molar-refractivity contribution >= 4 is 22.1 Å². The number of likely N-dealkylation sites (tertiary alicyclic amines) is 1. The van der Waals surface area contributed by atoms with Crippen molar-refractivity contribution in [2.75, 3.05) is 47.6 Å². The van der Waals surface area contributed by atoms with Crippen LogP contribution in [0.25, 0.3) is 11.1 Å². The van der Waals surface area contributed by atoms with Crippen molar-refractivity contribution in [1.29, 1.82) is 0 Å². The number of nitrogens with zero attached hydrogens (tertiary/aromatic N) is 1.